The quantitative estimate of drug-likeness (QED) is 0.731. The average molecular weight is 294 g/mol. The van der Waals surface area contributed by atoms with E-state index in [-0.39, 0.29) is 18.1 Å². The van der Waals surface area contributed by atoms with Gasteiger partial charge in [-0.25, -0.2) is 4.79 Å². The number of carbonyl (C=O) groups excluding carboxylic acids is 1. The predicted octanol–water partition coefficient (Wildman–Crippen LogP) is 3.08. The topological polar surface area (TPSA) is 61.4 Å². The molecule has 0 saturated heterocycles. The number of nitrogens with one attached hydrogen (secondary N) is 2. The van der Waals surface area contributed by atoms with E-state index in [0.29, 0.717) is 6.54 Å². The van der Waals surface area contributed by atoms with Crippen LogP contribution in [0.3, 0.4) is 0 Å². The molecule has 0 bridgehead atoms. The molecule has 2 atom stereocenters. The average Bonchev–Trinajstić information content (AvgIpc) is 2.83. The van der Waals surface area contributed by atoms with E-state index in [4.69, 9.17) is 0 Å². The summed E-state index contributed by atoms with van der Waals surface area (Å²) in [6.45, 7) is 2.64. The van der Waals surface area contributed by atoms with Gasteiger partial charge >= 0.3 is 6.03 Å². The number of aliphatic hydroxyl groups excluding tert-OH is 1. The lowest BCUT2D eigenvalue weighted by molar-refractivity contribution is 0.133. The van der Waals surface area contributed by atoms with Gasteiger partial charge in [-0.05, 0) is 36.8 Å². The summed E-state index contributed by atoms with van der Waals surface area (Å²) < 4.78 is 0. The van der Waals surface area contributed by atoms with Crippen molar-refractivity contribution >= 4 is 23.5 Å². The standard InChI is InChI=1S/C15H22N2O2S/c1-2-20-13-7-4-6-12(9-13)17-15(19)16-10-11-5-3-8-14(11)18/h4,6-7,9,11,14,18H,2-3,5,8,10H2,1H3,(H2,16,17,19)/t11-,14-/m0/s1. The maximum atomic E-state index is 11.8. The normalized spacial score (nSPS) is 21.7. The Balaban J connectivity index is 1.80. The molecule has 1 aromatic rings. The SMILES string of the molecule is CCSc1cccc(NC(=O)NC[C@@H]2CCC[C@@H]2O)c1. The smallest absolute Gasteiger partial charge is 0.319 e. The fraction of sp³-hybridized carbons (Fsp3) is 0.533. The molecule has 110 valence electrons. The fourth-order valence-corrected chi connectivity index (χ4v) is 3.20. The molecular formula is C15H22N2O2S. The van der Waals surface area contributed by atoms with Crippen LogP contribution in [-0.4, -0.2) is 29.5 Å². The Kier molecular flexibility index (Phi) is 5.73. The molecule has 2 amide bonds. The zero-order valence-corrected chi connectivity index (χ0v) is 12.6. The number of hydrogen-bond donors (Lipinski definition) is 3. The second-order valence-corrected chi connectivity index (χ2v) is 6.39. The molecule has 0 heterocycles. The highest BCUT2D eigenvalue weighted by atomic mass is 32.2. The van der Waals surface area contributed by atoms with Crippen LogP contribution in [-0.2, 0) is 0 Å². The van der Waals surface area contributed by atoms with Gasteiger partial charge in [-0.2, -0.15) is 0 Å². The van der Waals surface area contributed by atoms with Crippen LogP contribution in [0.15, 0.2) is 29.2 Å². The van der Waals surface area contributed by atoms with Gasteiger partial charge in [-0.3, -0.25) is 0 Å². The number of amides is 2. The number of rotatable bonds is 5. The van der Waals surface area contributed by atoms with Crippen molar-refractivity contribution in [3.63, 3.8) is 0 Å². The van der Waals surface area contributed by atoms with Gasteiger partial charge in [-0.1, -0.05) is 19.4 Å². The van der Waals surface area contributed by atoms with Crippen molar-refractivity contribution in [3.8, 4) is 0 Å². The summed E-state index contributed by atoms with van der Waals surface area (Å²) in [6.07, 6.45) is 2.62. The highest BCUT2D eigenvalue weighted by molar-refractivity contribution is 7.99. The first-order valence-corrected chi connectivity index (χ1v) is 8.13. The van der Waals surface area contributed by atoms with Gasteiger partial charge in [-0.15, -0.1) is 11.8 Å². The van der Waals surface area contributed by atoms with Crippen molar-refractivity contribution in [2.24, 2.45) is 5.92 Å². The number of aliphatic hydroxyl groups is 1. The Hall–Kier alpha value is -1.20. The largest absolute Gasteiger partial charge is 0.393 e. The molecule has 0 unspecified atom stereocenters. The number of hydrogen-bond acceptors (Lipinski definition) is 3. The van der Waals surface area contributed by atoms with Crippen LogP contribution in [0.1, 0.15) is 26.2 Å². The van der Waals surface area contributed by atoms with Crippen LogP contribution in [0.5, 0.6) is 0 Å². The molecule has 4 nitrogen and oxygen atoms in total. The highest BCUT2D eigenvalue weighted by Crippen LogP contribution is 2.24. The summed E-state index contributed by atoms with van der Waals surface area (Å²) in [7, 11) is 0. The van der Waals surface area contributed by atoms with Crippen LogP contribution < -0.4 is 10.6 Å². The molecule has 5 heteroatoms. The van der Waals surface area contributed by atoms with Gasteiger partial charge in [0, 0.05) is 23.0 Å². The third kappa shape index (κ3) is 4.42. The third-order valence-corrected chi connectivity index (χ3v) is 4.42. The van der Waals surface area contributed by atoms with Crippen molar-refractivity contribution in [1.29, 1.82) is 0 Å². The zero-order chi connectivity index (χ0) is 14.4. The van der Waals surface area contributed by atoms with E-state index in [1.54, 1.807) is 11.8 Å². The lowest BCUT2D eigenvalue weighted by Crippen LogP contribution is -2.35. The minimum Gasteiger partial charge on any atom is -0.393 e. The van der Waals surface area contributed by atoms with Gasteiger partial charge < -0.3 is 15.7 Å². The summed E-state index contributed by atoms with van der Waals surface area (Å²) in [5.74, 6) is 1.21. The first kappa shape index (κ1) is 15.2. The molecule has 1 fully saturated rings. The zero-order valence-electron chi connectivity index (χ0n) is 11.8. The number of thioether (sulfide) groups is 1. The van der Waals surface area contributed by atoms with E-state index in [1.165, 1.54) is 0 Å². The molecule has 1 saturated carbocycles. The second-order valence-electron chi connectivity index (χ2n) is 5.05. The van der Waals surface area contributed by atoms with E-state index >= 15 is 0 Å². The second kappa shape index (κ2) is 7.55. The lowest BCUT2D eigenvalue weighted by Gasteiger charge is -2.15. The summed E-state index contributed by atoms with van der Waals surface area (Å²) in [5.41, 5.74) is 0.799. The Morgan fingerprint density at radius 1 is 1.45 bits per heavy atom. The highest BCUT2D eigenvalue weighted by Gasteiger charge is 2.25. The predicted molar refractivity (Wildman–Crippen MR) is 83.2 cm³/mol. The maximum Gasteiger partial charge on any atom is 0.319 e. The third-order valence-electron chi connectivity index (χ3n) is 3.55. The van der Waals surface area contributed by atoms with Gasteiger partial charge in [0.1, 0.15) is 0 Å². The van der Waals surface area contributed by atoms with Crippen molar-refractivity contribution in [2.75, 3.05) is 17.6 Å². The molecule has 0 spiro atoms. The summed E-state index contributed by atoms with van der Waals surface area (Å²) in [6, 6.07) is 7.62. The summed E-state index contributed by atoms with van der Waals surface area (Å²) in [5, 5.41) is 15.4. The van der Waals surface area contributed by atoms with Gasteiger partial charge in [0.15, 0.2) is 0 Å². The number of benzene rings is 1. The number of urea groups is 1. The van der Waals surface area contributed by atoms with Crippen molar-refractivity contribution in [3.05, 3.63) is 24.3 Å². The van der Waals surface area contributed by atoms with E-state index in [2.05, 4.69) is 17.6 Å². The van der Waals surface area contributed by atoms with Crippen LogP contribution in [0.4, 0.5) is 10.5 Å². The minimum absolute atomic E-state index is 0.197. The lowest BCUT2D eigenvalue weighted by atomic mass is 10.1. The first-order valence-electron chi connectivity index (χ1n) is 7.15. The van der Waals surface area contributed by atoms with Crippen LogP contribution in [0.2, 0.25) is 0 Å². The fourth-order valence-electron chi connectivity index (χ4n) is 2.48. The van der Waals surface area contributed by atoms with E-state index in [0.717, 1.165) is 35.6 Å². The molecule has 1 aliphatic carbocycles. The van der Waals surface area contributed by atoms with E-state index in [1.807, 2.05) is 24.3 Å². The first-order chi connectivity index (χ1) is 9.69. The Bertz CT molecular complexity index is 453. The van der Waals surface area contributed by atoms with Gasteiger partial charge in [0.25, 0.3) is 0 Å². The molecule has 1 aliphatic rings. The molecule has 0 aliphatic heterocycles. The van der Waals surface area contributed by atoms with Crippen molar-refractivity contribution in [2.45, 2.75) is 37.2 Å². The van der Waals surface area contributed by atoms with Crippen LogP contribution >= 0.6 is 11.8 Å². The van der Waals surface area contributed by atoms with Crippen molar-refractivity contribution in [1.82, 2.24) is 5.32 Å². The Labute approximate surface area is 124 Å². The monoisotopic (exact) mass is 294 g/mol. The van der Waals surface area contributed by atoms with E-state index in [9.17, 15) is 9.90 Å². The summed E-state index contributed by atoms with van der Waals surface area (Å²) in [4.78, 5) is 13.0. The molecule has 0 aromatic heterocycles. The van der Waals surface area contributed by atoms with Crippen molar-refractivity contribution < 1.29 is 9.90 Å². The van der Waals surface area contributed by atoms with Crippen LogP contribution in [0.25, 0.3) is 0 Å². The molecule has 0 radical (unpaired) electrons. The maximum absolute atomic E-state index is 11.8. The molecule has 20 heavy (non-hydrogen) atoms. The molecular weight excluding hydrogens is 272 g/mol. The minimum atomic E-state index is -0.264. The number of anilines is 1. The van der Waals surface area contributed by atoms with E-state index < -0.39 is 0 Å². The van der Waals surface area contributed by atoms with Crippen LogP contribution in [0, 0.1) is 5.92 Å². The molecule has 1 aromatic carbocycles. The number of carbonyl (C=O) groups is 1. The molecule has 3 N–H and O–H groups in total. The Morgan fingerprint density at radius 3 is 3.00 bits per heavy atom. The summed E-state index contributed by atoms with van der Waals surface area (Å²) >= 11 is 1.75. The van der Waals surface area contributed by atoms with Gasteiger partial charge in [0.2, 0.25) is 0 Å². The Morgan fingerprint density at radius 2 is 2.30 bits per heavy atom. The molecule has 2 rings (SSSR count). The van der Waals surface area contributed by atoms with Gasteiger partial charge in [0.05, 0.1) is 6.10 Å².